The molecule has 7 heteroatoms. The molecular formula is C16H20ClN3O3. The Kier molecular flexibility index (Phi) is 5.60. The Hall–Kier alpha value is -2.08. The van der Waals surface area contributed by atoms with Crippen LogP contribution in [0, 0.1) is 0 Å². The summed E-state index contributed by atoms with van der Waals surface area (Å²) in [7, 11) is 1.31. The number of esters is 1. The number of nitrogens with zero attached hydrogens (tertiary/aromatic N) is 2. The minimum absolute atomic E-state index is 0.214. The number of hydrogen-bond acceptors (Lipinski definition) is 4. The van der Waals surface area contributed by atoms with Crippen LogP contribution in [-0.2, 0) is 11.3 Å². The Balaban J connectivity index is 2.55. The summed E-state index contributed by atoms with van der Waals surface area (Å²) in [5, 5.41) is 3.12. The number of rotatable bonds is 6. The first-order valence-corrected chi connectivity index (χ1v) is 7.97. The summed E-state index contributed by atoms with van der Waals surface area (Å²) in [6.45, 7) is 5.16. The van der Waals surface area contributed by atoms with E-state index in [1.54, 1.807) is 16.7 Å². The van der Waals surface area contributed by atoms with Crippen molar-refractivity contribution < 1.29 is 14.3 Å². The summed E-state index contributed by atoms with van der Waals surface area (Å²) in [6.07, 6.45) is 1.66. The van der Waals surface area contributed by atoms with Crippen molar-refractivity contribution >= 4 is 34.5 Å². The maximum Gasteiger partial charge on any atom is 0.374 e. The maximum absolute atomic E-state index is 12.2. The van der Waals surface area contributed by atoms with Crippen LogP contribution < -0.4 is 5.32 Å². The van der Waals surface area contributed by atoms with Crippen molar-refractivity contribution in [1.29, 1.82) is 0 Å². The number of nitrogens with one attached hydrogen (secondary N) is 1. The molecule has 2 rings (SSSR count). The van der Waals surface area contributed by atoms with E-state index in [0.29, 0.717) is 34.7 Å². The summed E-state index contributed by atoms with van der Waals surface area (Å²) in [5.41, 5.74) is 1.61. The number of hydrogen-bond donors (Lipinski definition) is 1. The number of carbonyl (C=O) groups is 2. The highest BCUT2D eigenvalue weighted by Gasteiger charge is 2.20. The molecule has 6 nitrogen and oxygen atoms in total. The van der Waals surface area contributed by atoms with E-state index in [2.05, 4.69) is 10.3 Å². The van der Waals surface area contributed by atoms with Crippen molar-refractivity contribution in [3.63, 3.8) is 0 Å². The summed E-state index contributed by atoms with van der Waals surface area (Å²) in [5.74, 6) is -0.544. The van der Waals surface area contributed by atoms with E-state index in [-0.39, 0.29) is 11.7 Å². The Morgan fingerprint density at radius 3 is 2.65 bits per heavy atom. The molecule has 1 N–H and O–H groups in total. The zero-order valence-electron chi connectivity index (χ0n) is 13.5. The fraction of sp³-hybridized carbons (Fsp3) is 0.438. The summed E-state index contributed by atoms with van der Waals surface area (Å²) in [6, 6.07) is 3.29. The molecule has 0 saturated heterocycles. The predicted octanol–water partition coefficient (Wildman–Crippen LogP) is 3.03. The van der Waals surface area contributed by atoms with Gasteiger partial charge in [0, 0.05) is 13.1 Å². The topological polar surface area (TPSA) is 73.2 Å². The molecule has 0 atom stereocenters. The van der Waals surface area contributed by atoms with Crippen molar-refractivity contribution in [3.8, 4) is 0 Å². The highest BCUT2D eigenvalue weighted by molar-refractivity contribution is 6.34. The molecule has 0 unspecified atom stereocenters. The highest BCUT2D eigenvalue weighted by atomic mass is 35.5. The van der Waals surface area contributed by atoms with E-state index in [1.807, 2.05) is 13.8 Å². The standard InChI is InChI=1S/C16H20ClN3O3/c1-4-6-18-15(21)10-8-12-13(9-11(10)17)20(7-5-2)14(19-12)16(22)23-3/h8-9H,4-7H2,1-3H3,(H,18,21). The second-order valence-corrected chi connectivity index (χ2v) is 5.56. The van der Waals surface area contributed by atoms with Gasteiger partial charge in [-0.2, -0.15) is 0 Å². The lowest BCUT2D eigenvalue weighted by Gasteiger charge is -2.08. The molecular weight excluding hydrogens is 318 g/mol. The molecule has 0 spiro atoms. The maximum atomic E-state index is 12.2. The molecule has 23 heavy (non-hydrogen) atoms. The molecule has 0 bridgehead atoms. The van der Waals surface area contributed by atoms with Crippen molar-refractivity contribution in [2.45, 2.75) is 33.2 Å². The quantitative estimate of drug-likeness (QED) is 0.822. The molecule has 0 saturated carbocycles. The van der Waals surface area contributed by atoms with Crippen LogP contribution in [0.5, 0.6) is 0 Å². The van der Waals surface area contributed by atoms with Gasteiger partial charge in [0.25, 0.3) is 5.91 Å². The minimum atomic E-state index is -0.511. The molecule has 1 aromatic heterocycles. The molecule has 0 aliphatic heterocycles. The van der Waals surface area contributed by atoms with Gasteiger partial charge in [-0.1, -0.05) is 25.4 Å². The fourth-order valence-corrected chi connectivity index (χ4v) is 2.59. The van der Waals surface area contributed by atoms with Crippen LogP contribution in [0.25, 0.3) is 11.0 Å². The lowest BCUT2D eigenvalue weighted by molar-refractivity contribution is 0.0581. The Morgan fingerprint density at radius 1 is 1.30 bits per heavy atom. The number of aromatic nitrogens is 2. The van der Waals surface area contributed by atoms with Gasteiger partial charge in [0.2, 0.25) is 5.82 Å². The lowest BCUT2D eigenvalue weighted by atomic mass is 10.2. The monoisotopic (exact) mass is 337 g/mol. The van der Waals surface area contributed by atoms with Crippen LogP contribution in [0.3, 0.4) is 0 Å². The molecule has 1 aromatic carbocycles. The van der Waals surface area contributed by atoms with Gasteiger partial charge in [0.15, 0.2) is 0 Å². The third-order valence-electron chi connectivity index (χ3n) is 3.43. The van der Waals surface area contributed by atoms with Gasteiger partial charge in [-0.15, -0.1) is 0 Å². The number of halogens is 1. The third kappa shape index (κ3) is 3.47. The summed E-state index contributed by atoms with van der Waals surface area (Å²) < 4.78 is 6.54. The first kappa shape index (κ1) is 17.3. The molecule has 124 valence electrons. The Morgan fingerprint density at radius 2 is 2.04 bits per heavy atom. The molecule has 0 aliphatic carbocycles. The van der Waals surface area contributed by atoms with E-state index < -0.39 is 5.97 Å². The number of imidazole rings is 1. The van der Waals surface area contributed by atoms with Gasteiger partial charge in [-0.3, -0.25) is 4.79 Å². The van der Waals surface area contributed by atoms with Crippen molar-refractivity contribution in [1.82, 2.24) is 14.9 Å². The van der Waals surface area contributed by atoms with E-state index >= 15 is 0 Å². The average Bonchev–Trinajstić information content (AvgIpc) is 2.89. The number of amides is 1. The van der Waals surface area contributed by atoms with Gasteiger partial charge < -0.3 is 14.6 Å². The normalized spacial score (nSPS) is 10.8. The molecule has 1 amide bonds. The van der Waals surface area contributed by atoms with E-state index in [1.165, 1.54) is 7.11 Å². The largest absolute Gasteiger partial charge is 0.463 e. The summed E-state index contributed by atoms with van der Waals surface area (Å²) >= 11 is 6.25. The molecule has 0 aliphatic rings. The van der Waals surface area contributed by atoms with Crippen molar-refractivity contribution in [3.05, 3.63) is 28.5 Å². The van der Waals surface area contributed by atoms with Crippen molar-refractivity contribution in [2.24, 2.45) is 0 Å². The number of benzene rings is 1. The van der Waals surface area contributed by atoms with Gasteiger partial charge in [-0.25, -0.2) is 9.78 Å². The van der Waals surface area contributed by atoms with Gasteiger partial charge in [-0.05, 0) is 25.0 Å². The number of fused-ring (bicyclic) bond motifs is 1. The van der Waals surface area contributed by atoms with E-state index in [0.717, 1.165) is 12.8 Å². The van der Waals surface area contributed by atoms with Crippen LogP contribution in [-0.4, -0.2) is 35.1 Å². The minimum Gasteiger partial charge on any atom is -0.463 e. The molecule has 2 aromatic rings. The van der Waals surface area contributed by atoms with Crippen LogP contribution in [0.4, 0.5) is 0 Å². The number of aryl methyl sites for hydroxylation is 1. The molecule has 1 heterocycles. The number of ether oxygens (including phenoxy) is 1. The van der Waals surface area contributed by atoms with E-state index in [9.17, 15) is 9.59 Å². The Bertz CT molecular complexity index is 740. The van der Waals surface area contributed by atoms with Crippen molar-refractivity contribution in [2.75, 3.05) is 13.7 Å². The first-order chi connectivity index (χ1) is 11.0. The van der Waals surface area contributed by atoms with Crippen LogP contribution in [0.2, 0.25) is 5.02 Å². The highest BCUT2D eigenvalue weighted by Crippen LogP contribution is 2.25. The molecule has 0 radical (unpaired) electrons. The number of methoxy groups -OCH3 is 1. The fourth-order valence-electron chi connectivity index (χ4n) is 2.35. The Labute approximate surface area is 139 Å². The average molecular weight is 338 g/mol. The SMILES string of the molecule is CCCNC(=O)c1cc2nc(C(=O)OC)n(CCC)c2cc1Cl. The third-order valence-corrected chi connectivity index (χ3v) is 3.75. The van der Waals surface area contributed by atoms with Crippen LogP contribution in [0.1, 0.15) is 47.7 Å². The number of carbonyl (C=O) groups excluding carboxylic acids is 2. The zero-order valence-corrected chi connectivity index (χ0v) is 14.2. The summed E-state index contributed by atoms with van der Waals surface area (Å²) in [4.78, 5) is 28.4. The van der Waals surface area contributed by atoms with Crippen LogP contribution in [0.15, 0.2) is 12.1 Å². The lowest BCUT2D eigenvalue weighted by Crippen LogP contribution is -2.24. The second-order valence-electron chi connectivity index (χ2n) is 5.16. The second kappa shape index (κ2) is 7.46. The van der Waals surface area contributed by atoms with Crippen LogP contribution >= 0.6 is 11.6 Å². The zero-order chi connectivity index (χ0) is 17.0. The molecule has 0 fully saturated rings. The van der Waals surface area contributed by atoms with Gasteiger partial charge in [0.05, 0.1) is 28.7 Å². The van der Waals surface area contributed by atoms with Gasteiger partial charge >= 0.3 is 5.97 Å². The van der Waals surface area contributed by atoms with E-state index in [4.69, 9.17) is 16.3 Å². The first-order valence-electron chi connectivity index (χ1n) is 7.59. The smallest absolute Gasteiger partial charge is 0.374 e. The predicted molar refractivity (Wildman–Crippen MR) is 89.0 cm³/mol. The van der Waals surface area contributed by atoms with Gasteiger partial charge in [0.1, 0.15) is 0 Å².